The standard InChI is InChI=1S/C14H21N3O2/c1-9(2)19-11-4-5-13-12(8-11)16-14(10(3)15)17(13)6-7-18/h4-5,8-10,18H,6-7,15H2,1-3H3. The van der Waals surface area contributed by atoms with Crippen molar-refractivity contribution < 1.29 is 9.84 Å². The molecular weight excluding hydrogens is 242 g/mol. The minimum Gasteiger partial charge on any atom is -0.491 e. The molecular formula is C14H21N3O2. The molecule has 0 amide bonds. The number of aliphatic hydroxyl groups is 1. The average molecular weight is 263 g/mol. The van der Waals surface area contributed by atoms with E-state index in [1.807, 2.05) is 43.5 Å². The molecule has 19 heavy (non-hydrogen) atoms. The SMILES string of the molecule is CC(C)Oc1ccc2c(c1)nc(C(C)N)n2CCO. The Kier molecular flexibility index (Phi) is 4.07. The molecule has 0 aliphatic heterocycles. The van der Waals surface area contributed by atoms with Crippen LogP contribution in [0, 0.1) is 0 Å². The first-order valence-corrected chi connectivity index (χ1v) is 6.56. The molecule has 104 valence electrons. The van der Waals surface area contributed by atoms with Crippen LogP contribution in [0.3, 0.4) is 0 Å². The summed E-state index contributed by atoms with van der Waals surface area (Å²) in [4.78, 5) is 4.55. The van der Waals surface area contributed by atoms with Crippen molar-refractivity contribution in [3.05, 3.63) is 24.0 Å². The van der Waals surface area contributed by atoms with Crippen molar-refractivity contribution in [3.63, 3.8) is 0 Å². The summed E-state index contributed by atoms with van der Waals surface area (Å²) >= 11 is 0. The van der Waals surface area contributed by atoms with E-state index in [0.717, 1.165) is 22.6 Å². The third-order valence-corrected chi connectivity index (χ3v) is 2.85. The van der Waals surface area contributed by atoms with E-state index in [0.29, 0.717) is 6.54 Å². The number of rotatable bonds is 5. The molecule has 0 spiro atoms. The highest BCUT2D eigenvalue weighted by Crippen LogP contribution is 2.24. The second-order valence-electron chi connectivity index (χ2n) is 4.95. The first-order valence-electron chi connectivity index (χ1n) is 6.56. The number of benzene rings is 1. The Balaban J connectivity index is 2.49. The zero-order chi connectivity index (χ0) is 14.0. The highest BCUT2D eigenvalue weighted by molar-refractivity contribution is 5.78. The summed E-state index contributed by atoms with van der Waals surface area (Å²) in [6, 6.07) is 5.62. The Morgan fingerprint density at radius 1 is 1.37 bits per heavy atom. The number of nitrogens with zero attached hydrogens (tertiary/aromatic N) is 2. The summed E-state index contributed by atoms with van der Waals surface area (Å²) in [5.41, 5.74) is 7.75. The fourth-order valence-electron chi connectivity index (χ4n) is 2.16. The lowest BCUT2D eigenvalue weighted by molar-refractivity contribution is 0.242. The molecule has 0 bridgehead atoms. The van der Waals surface area contributed by atoms with Gasteiger partial charge in [-0.1, -0.05) is 0 Å². The normalized spacial score (nSPS) is 13.2. The van der Waals surface area contributed by atoms with Crippen molar-refractivity contribution >= 4 is 11.0 Å². The van der Waals surface area contributed by atoms with Gasteiger partial charge in [-0.05, 0) is 32.9 Å². The van der Waals surface area contributed by atoms with Gasteiger partial charge in [0.25, 0.3) is 0 Å². The number of hydrogen-bond donors (Lipinski definition) is 2. The van der Waals surface area contributed by atoms with Crippen LogP contribution in [-0.2, 0) is 6.54 Å². The van der Waals surface area contributed by atoms with Crippen molar-refractivity contribution in [2.45, 2.75) is 39.5 Å². The lowest BCUT2D eigenvalue weighted by atomic mass is 10.3. The summed E-state index contributed by atoms with van der Waals surface area (Å²) < 4.78 is 7.62. The third-order valence-electron chi connectivity index (χ3n) is 2.85. The zero-order valence-electron chi connectivity index (χ0n) is 11.6. The van der Waals surface area contributed by atoms with Crippen LogP contribution in [0.15, 0.2) is 18.2 Å². The van der Waals surface area contributed by atoms with Gasteiger partial charge < -0.3 is 20.1 Å². The number of aromatic nitrogens is 2. The number of aliphatic hydroxyl groups excluding tert-OH is 1. The molecule has 0 radical (unpaired) electrons. The van der Waals surface area contributed by atoms with Crippen LogP contribution in [0.25, 0.3) is 11.0 Å². The Morgan fingerprint density at radius 2 is 2.11 bits per heavy atom. The van der Waals surface area contributed by atoms with E-state index in [1.165, 1.54) is 0 Å². The molecule has 0 fully saturated rings. The van der Waals surface area contributed by atoms with Crippen LogP contribution < -0.4 is 10.5 Å². The molecule has 1 unspecified atom stereocenters. The van der Waals surface area contributed by atoms with Crippen molar-refractivity contribution in [1.29, 1.82) is 0 Å². The van der Waals surface area contributed by atoms with E-state index >= 15 is 0 Å². The van der Waals surface area contributed by atoms with Gasteiger partial charge >= 0.3 is 0 Å². The van der Waals surface area contributed by atoms with Gasteiger partial charge in [0.15, 0.2) is 0 Å². The van der Waals surface area contributed by atoms with Gasteiger partial charge in [-0.3, -0.25) is 0 Å². The monoisotopic (exact) mass is 263 g/mol. The summed E-state index contributed by atoms with van der Waals surface area (Å²) in [7, 11) is 0. The number of imidazole rings is 1. The van der Waals surface area contributed by atoms with E-state index in [9.17, 15) is 0 Å². The molecule has 0 aliphatic carbocycles. The third kappa shape index (κ3) is 2.88. The molecule has 0 aliphatic rings. The van der Waals surface area contributed by atoms with E-state index in [1.54, 1.807) is 0 Å². The Bertz CT molecular complexity index is 561. The average Bonchev–Trinajstić information content (AvgIpc) is 2.67. The molecule has 1 atom stereocenters. The van der Waals surface area contributed by atoms with Crippen LogP contribution >= 0.6 is 0 Å². The molecule has 0 saturated heterocycles. The molecule has 2 aromatic rings. The highest BCUT2D eigenvalue weighted by atomic mass is 16.5. The number of hydrogen-bond acceptors (Lipinski definition) is 4. The van der Waals surface area contributed by atoms with Crippen LogP contribution in [0.2, 0.25) is 0 Å². The minimum absolute atomic E-state index is 0.0649. The van der Waals surface area contributed by atoms with Gasteiger partial charge in [-0.15, -0.1) is 0 Å². The topological polar surface area (TPSA) is 73.3 Å². The van der Waals surface area contributed by atoms with Gasteiger partial charge in [0.2, 0.25) is 0 Å². The molecule has 1 aromatic carbocycles. The fraction of sp³-hybridized carbons (Fsp3) is 0.500. The van der Waals surface area contributed by atoms with Crippen molar-refractivity contribution in [1.82, 2.24) is 9.55 Å². The lowest BCUT2D eigenvalue weighted by Gasteiger charge is -2.10. The molecule has 3 N–H and O–H groups in total. The Morgan fingerprint density at radius 3 is 2.68 bits per heavy atom. The van der Waals surface area contributed by atoms with Gasteiger partial charge in [-0.2, -0.15) is 0 Å². The molecule has 5 heteroatoms. The van der Waals surface area contributed by atoms with Crippen LogP contribution in [-0.4, -0.2) is 27.4 Å². The van der Waals surface area contributed by atoms with Crippen LogP contribution in [0.4, 0.5) is 0 Å². The van der Waals surface area contributed by atoms with Crippen molar-refractivity contribution in [2.24, 2.45) is 5.73 Å². The minimum atomic E-state index is -0.173. The first kappa shape index (κ1) is 13.8. The predicted octanol–water partition coefficient (Wildman–Crippen LogP) is 1.84. The highest BCUT2D eigenvalue weighted by Gasteiger charge is 2.14. The predicted molar refractivity (Wildman–Crippen MR) is 75.2 cm³/mol. The maximum Gasteiger partial charge on any atom is 0.126 e. The van der Waals surface area contributed by atoms with Crippen LogP contribution in [0.1, 0.15) is 32.6 Å². The first-order chi connectivity index (χ1) is 9.02. The number of nitrogens with two attached hydrogens (primary N) is 1. The summed E-state index contributed by atoms with van der Waals surface area (Å²) in [6.45, 7) is 6.43. The largest absolute Gasteiger partial charge is 0.491 e. The van der Waals surface area contributed by atoms with Gasteiger partial charge in [-0.25, -0.2) is 4.98 Å². The van der Waals surface area contributed by atoms with Gasteiger partial charge in [0, 0.05) is 12.6 Å². The second kappa shape index (κ2) is 5.59. The number of fused-ring (bicyclic) bond motifs is 1. The zero-order valence-corrected chi connectivity index (χ0v) is 11.6. The smallest absolute Gasteiger partial charge is 0.126 e. The number of ether oxygens (including phenoxy) is 1. The quantitative estimate of drug-likeness (QED) is 0.863. The summed E-state index contributed by atoms with van der Waals surface area (Å²) in [5.74, 6) is 1.58. The van der Waals surface area contributed by atoms with Crippen molar-refractivity contribution in [2.75, 3.05) is 6.61 Å². The molecule has 5 nitrogen and oxygen atoms in total. The van der Waals surface area contributed by atoms with Gasteiger partial charge in [0.1, 0.15) is 11.6 Å². The molecule has 1 aromatic heterocycles. The molecule has 2 rings (SSSR count). The summed E-state index contributed by atoms with van der Waals surface area (Å²) in [5, 5.41) is 9.16. The summed E-state index contributed by atoms with van der Waals surface area (Å²) in [6.07, 6.45) is 0.130. The maximum absolute atomic E-state index is 9.16. The maximum atomic E-state index is 9.16. The second-order valence-corrected chi connectivity index (χ2v) is 4.95. The Labute approximate surface area is 113 Å². The molecule has 0 saturated carbocycles. The Hall–Kier alpha value is -1.59. The van der Waals surface area contributed by atoms with E-state index < -0.39 is 0 Å². The van der Waals surface area contributed by atoms with E-state index in [4.69, 9.17) is 15.6 Å². The lowest BCUT2D eigenvalue weighted by Crippen LogP contribution is -2.15. The van der Waals surface area contributed by atoms with Crippen molar-refractivity contribution in [3.8, 4) is 5.75 Å². The van der Waals surface area contributed by atoms with E-state index in [-0.39, 0.29) is 18.8 Å². The van der Waals surface area contributed by atoms with Gasteiger partial charge in [0.05, 0.1) is 29.8 Å². The van der Waals surface area contributed by atoms with Crippen LogP contribution in [0.5, 0.6) is 5.75 Å². The fourth-order valence-corrected chi connectivity index (χ4v) is 2.16. The molecule has 1 heterocycles. The van der Waals surface area contributed by atoms with E-state index in [2.05, 4.69) is 4.98 Å².